The molecular formula is C12H12N2O2. The fraction of sp³-hybridized carbons (Fsp3) is 0.167. The van der Waals surface area contributed by atoms with E-state index in [1.807, 2.05) is 13.0 Å². The fourth-order valence-corrected chi connectivity index (χ4v) is 1.65. The van der Waals surface area contributed by atoms with Gasteiger partial charge in [0.05, 0.1) is 24.3 Å². The molecule has 0 unspecified atom stereocenters. The topological polar surface area (TPSA) is 55.0 Å². The maximum atomic E-state index is 11.6. The van der Waals surface area contributed by atoms with Crippen molar-refractivity contribution in [2.75, 3.05) is 7.11 Å². The van der Waals surface area contributed by atoms with Crippen LogP contribution in [0.15, 0.2) is 29.8 Å². The molecule has 0 bridgehead atoms. The van der Waals surface area contributed by atoms with Gasteiger partial charge in [-0.25, -0.2) is 4.98 Å². The van der Waals surface area contributed by atoms with E-state index in [-0.39, 0.29) is 5.56 Å². The second-order valence-electron chi connectivity index (χ2n) is 3.57. The Labute approximate surface area is 92.6 Å². The van der Waals surface area contributed by atoms with Crippen molar-refractivity contribution in [1.29, 1.82) is 0 Å². The Balaban J connectivity index is 2.88. The van der Waals surface area contributed by atoms with E-state index in [2.05, 4.69) is 16.5 Å². The summed E-state index contributed by atoms with van der Waals surface area (Å²) in [6.45, 7) is 5.70. The first-order chi connectivity index (χ1) is 7.63. The molecule has 1 heterocycles. The Morgan fingerprint density at radius 3 is 2.94 bits per heavy atom. The second-order valence-corrected chi connectivity index (χ2v) is 3.57. The van der Waals surface area contributed by atoms with Crippen LogP contribution in [0.25, 0.3) is 16.7 Å². The highest BCUT2D eigenvalue weighted by molar-refractivity contribution is 5.88. The van der Waals surface area contributed by atoms with Crippen LogP contribution in [0.2, 0.25) is 0 Å². The van der Waals surface area contributed by atoms with Gasteiger partial charge in [0.25, 0.3) is 5.56 Å². The summed E-state index contributed by atoms with van der Waals surface area (Å²) < 4.78 is 5.09. The van der Waals surface area contributed by atoms with Crippen LogP contribution in [-0.4, -0.2) is 17.1 Å². The zero-order chi connectivity index (χ0) is 11.7. The van der Waals surface area contributed by atoms with Gasteiger partial charge < -0.3 is 9.72 Å². The van der Waals surface area contributed by atoms with Gasteiger partial charge in [-0.05, 0) is 24.6 Å². The van der Waals surface area contributed by atoms with E-state index in [0.29, 0.717) is 16.7 Å². The minimum atomic E-state index is -0.154. The first-order valence-corrected chi connectivity index (χ1v) is 4.85. The minimum absolute atomic E-state index is 0.154. The highest BCUT2D eigenvalue weighted by Gasteiger charge is 2.09. The molecule has 1 aromatic heterocycles. The molecule has 0 spiro atoms. The predicted molar refractivity (Wildman–Crippen MR) is 63.1 cm³/mol. The zero-order valence-electron chi connectivity index (χ0n) is 9.20. The Morgan fingerprint density at radius 2 is 2.25 bits per heavy atom. The van der Waals surface area contributed by atoms with Crippen molar-refractivity contribution in [3.05, 3.63) is 46.5 Å². The van der Waals surface area contributed by atoms with Crippen LogP contribution in [0, 0.1) is 6.92 Å². The molecule has 0 amide bonds. The Hall–Kier alpha value is -2.10. The third-order valence-electron chi connectivity index (χ3n) is 2.43. The number of hydrogen-bond donors (Lipinski definition) is 1. The first kappa shape index (κ1) is 10.4. The number of methoxy groups -OCH3 is 1. The quantitative estimate of drug-likeness (QED) is 0.779. The predicted octanol–water partition coefficient (Wildman–Crippen LogP) is 1.85. The summed E-state index contributed by atoms with van der Waals surface area (Å²) >= 11 is 0. The number of aromatic nitrogens is 2. The molecule has 0 atom stereocenters. The van der Waals surface area contributed by atoms with E-state index in [1.54, 1.807) is 13.2 Å². The second kappa shape index (κ2) is 3.81. The number of nitrogens with one attached hydrogen (secondary N) is 1. The molecule has 4 heteroatoms. The first-order valence-electron chi connectivity index (χ1n) is 4.85. The lowest BCUT2D eigenvalue weighted by Gasteiger charge is -2.08. The van der Waals surface area contributed by atoms with Gasteiger partial charge in [-0.2, -0.15) is 0 Å². The summed E-state index contributed by atoms with van der Waals surface area (Å²) in [6.07, 6.45) is 1.38. The molecule has 2 aromatic rings. The SMILES string of the molecule is C=C(OC)c1cc(C)cc2c(=O)[nH]cnc12. The molecule has 0 aliphatic carbocycles. The molecule has 16 heavy (non-hydrogen) atoms. The van der Waals surface area contributed by atoms with Crippen molar-refractivity contribution < 1.29 is 4.74 Å². The van der Waals surface area contributed by atoms with E-state index in [9.17, 15) is 4.79 Å². The lowest BCUT2D eigenvalue weighted by atomic mass is 10.1. The highest BCUT2D eigenvalue weighted by atomic mass is 16.5. The van der Waals surface area contributed by atoms with Gasteiger partial charge in [0.15, 0.2) is 0 Å². The maximum Gasteiger partial charge on any atom is 0.258 e. The summed E-state index contributed by atoms with van der Waals surface area (Å²) in [4.78, 5) is 18.3. The van der Waals surface area contributed by atoms with Crippen LogP contribution in [0.5, 0.6) is 0 Å². The molecule has 0 aliphatic rings. The average Bonchev–Trinajstić information content (AvgIpc) is 2.28. The molecular weight excluding hydrogens is 204 g/mol. The van der Waals surface area contributed by atoms with Gasteiger partial charge in [-0.3, -0.25) is 4.79 Å². The standard InChI is InChI=1S/C12H12N2O2/c1-7-4-9(8(2)16-3)11-10(5-7)12(15)14-6-13-11/h4-6H,2H2,1,3H3,(H,13,14,15). The Bertz CT molecular complexity index is 614. The number of H-pyrrole nitrogens is 1. The molecule has 0 radical (unpaired) electrons. The number of aryl methyl sites for hydroxylation is 1. The highest BCUT2D eigenvalue weighted by Crippen LogP contribution is 2.22. The van der Waals surface area contributed by atoms with E-state index in [4.69, 9.17) is 4.74 Å². The monoisotopic (exact) mass is 216 g/mol. The number of nitrogens with zero attached hydrogens (tertiary/aromatic N) is 1. The van der Waals surface area contributed by atoms with Crippen LogP contribution in [-0.2, 0) is 4.74 Å². The number of rotatable bonds is 2. The molecule has 0 saturated heterocycles. The summed E-state index contributed by atoms with van der Waals surface area (Å²) in [5.41, 5.74) is 2.18. The number of fused-ring (bicyclic) bond motifs is 1. The number of benzene rings is 1. The van der Waals surface area contributed by atoms with Crippen molar-refractivity contribution in [3.63, 3.8) is 0 Å². The summed E-state index contributed by atoms with van der Waals surface area (Å²) in [6, 6.07) is 3.70. The van der Waals surface area contributed by atoms with E-state index in [0.717, 1.165) is 11.1 Å². The lowest BCUT2D eigenvalue weighted by molar-refractivity contribution is 0.372. The van der Waals surface area contributed by atoms with Crippen molar-refractivity contribution in [2.45, 2.75) is 6.92 Å². The molecule has 82 valence electrons. The molecule has 1 N–H and O–H groups in total. The normalized spacial score (nSPS) is 10.4. The van der Waals surface area contributed by atoms with Gasteiger partial charge in [-0.1, -0.05) is 6.58 Å². The maximum absolute atomic E-state index is 11.6. The van der Waals surface area contributed by atoms with Crippen molar-refractivity contribution in [1.82, 2.24) is 9.97 Å². The number of hydrogen-bond acceptors (Lipinski definition) is 3. The lowest BCUT2D eigenvalue weighted by Crippen LogP contribution is -2.08. The van der Waals surface area contributed by atoms with Crippen molar-refractivity contribution >= 4 is 16.7 Å². The molecule has 0 aliphatic heterocycles. The van der Waals surface area contributed by atoms with Crippen LogP contribution < -0.4 is 5.56 Å². The smallest absolute Gasteiger partial charge is 0.258 e. The van der Waals surface area contributed by atoms with Crippen LogP contribution in [0.3, 0.4) is 0 Å². The van der Waals surface area contributed by atoms with Gasteiger partial charge >= 0.3 is 0 Å². The van der Waals surface area contributed by atoms with Gasteiger partial charge in [-0.15, -0.1) is 0 Å². The molecule has 1 aromatic carbocycles. The third-order valence-corrected chi connectivity index (χ3v) is 2.43. The Morgan fingerprint density at radius 1 is 1.50 bits per heavy atom. The molecule has 2 rings (SSSR count). The zero-order valence-corrected chi connectivity index (χ0v) is 9.20. The van der Waals surface area contributed by atoms with E-state index in [1.165, 1.54) is 6.33 Å². The number of ether oxygens (including phenoxy) is 1. The summed E-state index contributed by atoms with van der Waals surface area (Å²) in [5.74, 6) is 0.506. The summed E-state index contributed by atoms with van der Waals surface area (Å²) in [7, 11) is 1.55. The van der Waals surface area contributed by atoms with Crippen LogP contribution in [0.4, 0.5) is 0 Å². The third kappa shape index (κ3) is 1.58. The Kier molecular flexibility index (Phi) is 2.48. The van der Waals surface area contributed by atoms with Gasteiger partial charge in [0.2, 0.25) is 0 Å². The van der Waals surface area contributed by atoms with E-state index < -0.39 is 0 Å². The van der Waals surface area contributed by atoms with Crippen molar-refractivity contribution in [3.8, 4) is 0 Å². The summed E-state index contributed by atoms with van der Waals surface area (Å²) in [5, 5.41) is 0.552. The van der Waals surface area contributed by atoms with Crippen LogP contribution in [0.1, 0.15) is 11.1 Å². The van der Waals surface area contributed by atoms with Gasteiger partial charge in [0.1, 0.15) is 5.76 Å². The fourth-order valence-electron chi connectivity index (χ4n) is 1.65. The average molecular weight is 216 g/mol. The van der Waals surface area contributed by atoms with Crippen molar-refractivity contribution in [2.24, 2.45) is 0 Å². The van der Waals surface area contributed by atoms with Gasteiger partial charge in [0, 0.05) is 5.56 Å². The molecule has 4 nitrogen and oxygen atoms in total. The van der Waals surface area contributed by atoms with E-state index >= 15 is 0 Å². The molecule has 0 fully saturated rings. The van der Waals surface area contributed by atoms with Crippen LogP contribution >= 0.6 is 0 Å². The molecule has 0 saturated carbocycles. The minimum Gasteiger partial charge on any atom is -0.497 e. The largest absolute Gasteiger partial charge is 0.497 e. The number of aromatic amines is 1.